The van der Waals surface area contributed by atoms with Gasteiger partial charge in [0.05, 0.1) is 6.54 Å². The summed E-state index contributed by atoms with van der Waals surface area (Å²) in [6, 6.07) is 8.41. The molecule has 1 aliphatic rings. The molecule has 1 saturated heterocycles. The zero-order valence-corrected chi connectivity index (χ0v) is 12.8. The van der Waals surface area contributed by atoms with E-state index in [0.29, 0.717) is 19.5 Å². The summed E-state index contributed by atoms with van der Waals surface area (Å²) >= 11 is 0. The summed E-state index contributed by atoms with van der Waals surface area (Å²) in [6.07, 6.45) is 0.411. The summed E-state index contributed by atoms with van der Waals surface area (Å²) in [6.45, 7) is 7.04. The maximum absolute atomic E-state index is 12.0. The molecule has 1 fully saturated rings. The van der Waals surface area contributed by atoms with E-state index in [9.17, 15) is 9.59 Å². The Hall–Kier alpha value is -2.04. The Kier molecular flexibility index (Phi) is 5.20. The van der Waals surface area contributed by atoms with Gasteiger partial charge in [0.25, 0.3) is 0 Å². The van der Waals surface area contributed by atoms with Crippen molar-refractivity contribution in [2.75, 3.05) is 37.6 Å². The van der Waals surface area contributed by atoms with E-state index in [2.05, 4.69) is 41.4 Å². The van der Waals surface area contributed by atoms with Crippen LogP contribution in [-0.4, -0.2) is 49.4 Å². The van der Waals surface area contributed by atoms with Gasteiger partial charge < -0.3 is 15.1 Å². The lowest BCUT2D eigenvalue weighted by Crippen LogP contribution is -2.51. The predicted octanol–water partition coefficient (Wildman–Crippen LogP) is 1.17. The lowest BCUT2D eigenvalue weighted by molar-refractivity contribution is -0.133. The van der Waals surface area contributed by atoms with Crippen molar-refractivity contribution < 1.29 is 9.59 Å². The van der Waals surface area contributed by atoms with Crippen molar-refractivity contribution in [3.8, 4) is 0 Å². The fraction of sp³-hybridized carbons (Fsp3) is 0.500. The molecule has 1 heterocycles. The number of amides is 2. The Labute approximate surface area is 125 Å². The minimum Gasteiger partial charge on any atom is -0.368 e. The number of aryl methyl sites for hydroxylation is 1. The summed E-state index contributed by atoms with van der Waals surface area (Å²) in [5, 5.41) is 2.64. The third kappa shape index (κ3) is 4.21. The standard InChI is InChI=1S/C16H23N3O2/c1-3-15(20)17-12-16(21)19-9-7-18(8-10-19)14-6-4-5-13(2)11-14/h4-6,11H,3,7-10,12H2,1-2H3,(H,17,20). The van der Waals surface area contributed by atoms with Crippen molar-refractivity contribution in [3.05, 3.63) is 29.8 Å². The van der Waals surface area contributed by atoms with E-state index in [0.717, 1.165) is 13.1 Å². The highest BCUT2D eigenvalue weighted by Gasteiger charge is 2.21. The molecule has 5 nitrogen and oxygen atoms in total. The summed E-state index contributed by atoms with van der Waals surface area (Å²) in [7, 11) is 0. The lowest BCUT2D eigenvalue weighted by Gasteiger charge is -2.36. The van der Waals surface area contributed by atoms with Crippen LogP contribution in [0.1, 0.15) is 18.9 Å². The quantitative estimate of drug-likeness (QED) is 0.905. The molecule has 2 amide bonds. The Morgan fingerprint density at radius 3 is 2.52 bits per heavy atom. The molecule has 21 heavy (non-hydrogen) atoms. The van der Waals surface area contributed by atoms with Crippen molar-refractivity contribution in [1.82, 2.24) is 10.2 Å². The van der Waals surface area contributed by atoms with Gasteiger partial charge in [-0.3, -0.25) is 9.59 Å². The molecule has 1 aromatic rings. The molecule has 0 spiro atoms. The fourth-order valence-corrected chi connectivity index (χ4v) is 2.45. The van der Waals surface area contributed by atoms with Crippen molar-refractivity contribution >= 4 is 17.5 Å². The first-order valence-electron chi connectivity index (χ1n) is 7.46. The van der Waals surface area contributed by atoms with Crippen LogP contribution in [0.25, 0.3) is 0 Å². The topological polar surface area (TPSA) is 52.7 Å². The van der Waals surface area contributed by atoms with E-state index in [4.69, 9.17) is 0 Å². The third-order valence-corrected chi connectivity index (χ3v) is 3.76. The number of carbonyl (C=O) groups excluding carboxylic acids is 2. The second-order valence-electron chi connectivity index (χ2n) is 5.34. The maximum Gasteiger partial charge on any atom is 0.242 e. The fourth-order valence-electron chi connectivity index (χ4n) is 2.45. The maximum atomic E-state index is 12.0. The van der Waals surface area contributed by atoms with Gasteiger partial charge in [-0.15, -0.1) is 0 Å². The second kappa shape index (κ2) is 7.11. The smallest absolute Gasteiger partial charge is 0.242 e. The third-order valence-electron chi connectivity index (χ3n) is 3.76. The van der Waals surface area contributed by atoms with Gasteiger partial charge in [-0.25, -0.2) is 0 Å². The molecular formula is C16H23N3O2. The highest BCUT2D eigenvalue weighted by Crippen LogP contribution is 2.17. The Morgan fingerprint density at radius 1 is 1.19 bits per heavy atom. The second-order valence-corrected chi connectivity index (χ2v) is 5.34. The molecule has 0 bridgehead atoms. The first-order chi connectivity index (χ1) is 10.1. The molecule has 0 unspecified atom stereocenters. The molecule has 114 valence electrons. The molecule has 0 aromatic heterocycles. The molecule has 1 aromatic carbocycles. The van der Waals surface area contributed by atoms with Crippen LogP contribution in [0.3, 0.4) is 0 Å². The van der Waals surface area contributed by atoms with Gasteiger partial charge in [-0.05, 0) is 24.6 Å². The van der Waals surface area contributed by atoms with Crippen molar-refractivity contribution in [3.63, 3.8) is 0 Å². The minimum atomic E-state index is -0.0817. The van der Waals surface area contributed by atoms with Gasteiger partial charge in [0, 0.05) is 38.3 Å². The first kappa shape index (κ1) is 15.4. The number of hydrogen-bond donors (Lipinski definition) is 1. The van der Waals surface area contributed by atoms with Crippen LogP contribution < -0.4 is 10.2 Å². The predicted molar refractivity (Wildman–Crippen MR) is 83.3 cm³/mol. The van der Waals surface area contributed by atoms with E-state index >= 15 is 0 Å². The van der Waals surface area contributed by atoms with Crippen LogP contribution in [-0.2, 0) is 9.59 Å². The normalized spacial score (nSPS) is 15.0. The van der Waals surface area contributed by atoms with Gasteiger partial charge in [0.15, 0.2) is 0 Å². The zero-order valence-electron chi connectivity index (χ0n) is 12.8. The highest BCUT2D eigenvalue weighted by molar-refractivity contribution is 5.84. The summed E-state index contributed by atoms with van der Waals surface area (Å²) < 4.78 is 0. The van der Waals surface area contributed by atoms with Crippen LogP contribution in [0.5, 0.6) is 0 Å². The number of anilines is 1. The Morgan fingerprint density at radius 2 is 1.90 bits per heavy atom. The van der Waals surface area contributed by atoms with Crippen LogP contribution >= 0.6 is 0 Å². The van der Waals surface area contributed by atoms with E-state index in [1.54, 1.807) is 6.92 Å². The van der Waals surface area contributed by atoms with Gasteiger partial charge in [0.2, 0.25) is 11.8 Å². The van der Waals surface area contributed by atoms with Gasteiger partial charge in [-0.1, -0.05) is 19.1 Å². The molecule has 0 aliphatic carbocycles. The minimum absolute atomic E-state index is 0.000641. The van der Waals surface area contributed by atoms with E-state index in [-0.39, 0.29) is 18.4 Å². The van der Waals surface area contributed by atoms with Crippen molar-refractivity contribution in [2.24, 2.45) is 0 Å². The number of rotatable bonds is 4. The molecule has 1 N–H and O–H groups in total. The van der Waals surface area contributed by atoms with Gasteiger partial charge >= 0.3 is 0 Å². The van der Waals surface area contributed by atoms with E-state index in [1.165, 1.54) is 11.3 Å². The highest BCUT2D eigenvalue weighted by atomic mass is 16.2. The number of nitrogens with one attached hydrogen (secondary N) is 1. The number of hydrogen-bond acceptors (Lipinski definition) is 3. The van der Waals surface area contributed by atoms with E-state index in [1.807, 2.05) is 4.90 Å². The zero-order chi connectivity index (χ0) is 15.2. The average Bonchev–Trinajstić information content (AvgIpc) is 2.52. The number of carbonyl (C=O) groups is 2. The molecule has 0 atom stereocenters. The summed E-state index contributed by atoms with van der Waals surface area (Å²) in [5.74, 6) is -0.0811. The van der Waals surface area contributed by atoms with Gasteiger partial charge in [0.1, 0.15) is 0 Å². The number of nitrogens with zero attached hydrogens (tertiary/aromatic N) is 2. The van der Waals surface area contributed by atoms with Crippen LogP contribution in [0.2, 0.25) is 0 Å². The van der Waals surface area contributed by atoms with Crippen LogP contribution in [0.15, 0.2) is 24.3 Å². The average molecular weight is 289 g/mol. The molecule has 5 heteroatoms. The monoisotopic (exact) mass is 289 g/mol. The largest absolute Gasteiger partial charge is 0.368 e. The molecule has 2 rings (SSSR count). The SMILES string of the molecule is CCC(=O)NCC(=O)N1CCN(c2cccc(C)c2)CC1. The van der Waals surface area contributed by atoms with Crippen molar-refractivity contribution in [1.29, 1.82) is 0 Å². The van der Waals surface area contributed by atoms with Gasteiger partial charge in [-0.2, -0.15) is 0 Å². The molecule has 0 radical (unpaired) electrons. The number of piperazine rings is 1. The first-order valence-corrected chi connectivity index (χ1v) is 7.46. The lowest BCUT2D eigenvalue weighted by atomic mass is 10.2. The Bertz CT molecular complexity index is 508. The van der Waals surface area contributed by atoms with Crippen LogP contribution in [0, 0.1) is 6.92 Å². The van der Waals surface area contributed by atoms with Crippen LogP contribution in [0.4, 0.5) is 5.69 Å². The Balaban J connectivity index is 1.83. The molecule has 1 aliphatic heterocycles. The molecule has 0 saturated carbocycles. The van der Waals surface area contributed by atoms with Crippen molar-refractivity contribution in [2.45, 2.75) is 20.3 Å². The number of benzene rings is 1. The van der Waals surface area contributed by atoms with E-state index < -0.39 is 0 Å². The summed E-state index contributed by atoms with van der Waals surface area (Å²) in [4.78, 5) is 27.3. The summed E-state index contributed by atoms with van der Waals surface area (Å²) in [5.41, 5.74) is 2.45. The molecular weight excluding hydrogens is 266 g/mol.